The van der Waals surface area contributed by atoms with E-state index in [2.05, 4.69) is 5.32 Å². The largest absolute Gasteiger partial charge is 0.392 e. The van der Waals surface area contributed by atoms with Crippen molar-refractivity contribution in [2.75, 3.05) is 6.54 Å². The number of aliphatic hydroxyl groups is 1. The van der Waals surface area contributed by atoms with Gasteiger partial charge in [0.1, 0.15) is 5.82 Å². The number of amides is 1. The number of nitrogens with two attached hydrogens (primary N) is 1. The first-order valence-corrected chi connectivity index (χ1v) is 9.47. The molecule has 0 heterocycles. The third-order valence-electron chi connectivity index (χ3n) is 4.81. The van der Waals surface area contributed by atoms with Crippen LogP contribution >= 0.6 is 0 Å². The summed E-state index contributed by atoms with van der Waals surface area (Å²) in [7, 11) is -3.96. The normalized spacial score (nSPS) is 25.4. The second-order valence-corrected chi connectivity index (χ2v) is 8.41. The molecule has 0 saturated heterocycles. The summed E-state index contributed by atoms with van der Waals surface area (Å²) >= 11 is 0. The first kappa shape index (κ1) is 18.8. The van der Waals surface area contributed by atoms with Crippen LogP contribution in [-0.4, -0.2) is 37.3 Å². The van der Waals surface area contributed by atoms with Crippen molar-refractivity contribution in [2.24, 2.45) is 10.6 Å². The summed E-state index contributed by atoms with van der Waals surface area (Å²) in [5.41, 5.74) is 0.261. The van der Waals surface area contributed by atoms with Crippen LogP contribution in [0.5, 0.6) is 0 Å². The van der Waals surface area contributed by atoms with Crippen molar-refractivity contribution in [3.05, 3.63) is 35.6 Å². The van der Waals surface area contributed by atoms with Crippen molar-refractivity contribution in [3.63, 3.8) is 0 Å². The molecule has 0 radical (unpaired) electrons. The van der Waals surface area contributed by atoms with Crippen molar-refractivity contribution < 1.29 is 22.7 Å². The molecule has 1 amide bonds. The lowest BCUT2D eigenvalue weighted by Gasteiger charge is -2.33. The highest BCUT2D eigenvalue weighted by Gasteiger charge is 2.42. The van der Waals surface area contributed by atoms with Gasteiger partial charge in [0.15, 0.2) is 5.25 Å². The topological polar surface area (TPSA) is 109 Å². The van der Waals surface area contributed by atoms with Crippen molar-refractivity contribution in [2.45, 2.75) is 44.0 Å². The number of hydrogen-bond acceptors (Lipinski definition) is 4. The van der Waals surface area contributed by atoms with Crippen LogP contribution < -0.4 is 10.5 Å². The van der Waals surface area contributed by atoms with Gasteiger partial charge < -0.3 is 10.4 Å². The molecule has 24 heavy (non-hydrogen) atoms. The number of benzene rings is 1. The maximum Gasteiger partial charge on any atom is 0.239 e. The van der Waals surface area contributed by atoms with E-state index in [1.807, 2.05) is 0 Å². The van der Waals surface area contributed by atoms with Gasteiger partial charge in [-0.3, -0.25) is 4.79 Å². The molecule has 1 aliphatic rings. The van der Waals surface area contributed by atoms with Crippen molar-refractivity contribution >= 4 is 15.9 Å². The lowest BCUT2D eigenvalue weighted by molar-refractivity contribution is -0.121. The molecule has 0 spiro atoms. The van der Waals surface area contributed by atoms with E-state index in [0.717, 1.165) is 12.0 Å². The number of rotatable bonds is 6. The van der Waals surface area contributed by atoms with E-state index >= 15 is 0 Å². The Bertz CT molecular complexity index is 693. The average molecular weight is 358 g/mol. The fraction of sp³-hybridized carbons (Fsp3) is 0.562. The molecule has 0 bridgehead atoms. The maximum absolute atomic E-state index is 13.1. The molecule has 3 atom stereocenters. The standard InChI is InChI=1S/C16H23FN2O4S/c1-11(24(18,22)23)15(21)19-10-16(8-2-3-14(16)20)9-12-4-6-13(17)7-5-12/h4-7,11,14,20H,2-3,8-10H2,1H3,(H,19,21)(H2,18,22,23). The Morgan fingerprint density at radius 3 is 2.58 bits per heavy atom. The van der Waals surface area contributed by atoms with E-state index < -0.39 is 32.7 Å². The monoisotopic (exact) mass is 358 g/mol. The molecule has 134 valence electrons. The summed E-state index contributed by atoms with van der Waals surface area (Å²) in [6, 6.07) is 6.01. The van der Waals surface area contributed by atoms with Crippen LogP contribution in [-0.2, 0) is 21.2 Å². The first-order chi connectivity index (χ1) is 11.1. The Balaban J connectivity index is 2.11. The number of halogens is 1. The third kappa shape index (κ3) is 4.31. The highest BCUT2D eigenvalue weighted by atomic mass is 32.2. The summed E-state index contributed by atoms with van der Waals surface area (Å²) in [6.07, 6.45) is 1.96. The molecule has 1 saturated carbocycles. The van der Waals surface area contributed by atoms with E-state index in [1.165, 1.54) is 19.1 Å². The molecule has 3 unspecified atom stereocenters. The predicted molar refractivity (Wildman–Crippen MR) is 88.0 cm³/mol. The zero-order valence-corrected chi connectivity index (χ0v) is 14.4. The number of sulfonamides is 1. The van der Waals surface area contributed by atoms with Gasteiger partial charge >= 0.3 is 0 Å². The number of nitrogens with one attached hydrogen (secondary N) is 1. The minimum absolute atomic E-state index is 0.143. The van der Waals surface area contributed by atoms with Gasteiger partial charge in [-0.15, -0.1) is 0 Å². The van der Waals surface area contributed by atoms with Gasteiger partial charge in [0, 0.05) is 12.0 Å². The average Bonchev–Trinajstić information content (AvgIpc) is 2.87. The molecular weight excluding hydrogens is 335 g/mol. The van der Waals surface area contributed by atoms with Gasteiger partial charge in [-0.2, -0.15) is 0 Å². The second kappa shape index (κ2) is 7.16. The van der Waals surface area contributed by atoms with E-state index in [1.54, 1.807) is 12.1 Å². The van der Waals surface area contributed by atoms with Crippen molar-refractivity contribution in [1.82, 2.24) is 5.32 Å². The van der Waals surface area contributed by atoms with Crippen LogP contribution in [0.25, 0.3) is 0 Å². The molecule has 2 rings (SSSR count). The number of primary sulfonamides is 1. The lowest BCUT2D eigenvalue weighted by Crippen LogP contribution is -2.48. The van der Waals surface area contributed by atoms with E-state index in [4.69, 9.17) is 5.14 Å². The number of carbonyl (C=O) groups excluding carboxylic acids is 1. The van der Waals surface area contributed by atoms with Gasteiger partial charge in [0.05, 0.1) is 6.10 Å². The molecule has 6 nitrogen and oxygen atoms in total. The molecule has 1 fully saturated rings. The molecular formula is C16H23FN2O4S. The Morgan fingerprint density at radius 2 is 2.08 bits per heavy atom. The fourth-order valence-electron chi connectivity index (χ4n) is 3.16. The smallest absolute Gasteiger partial charge is 0.239 e. The number of hydrogen-bond donors (Lipinski definition) is 3. The van der Waals surface area contributed by atoms with Gasteiger partial charge in [-0.1, -0.05) is 18.6 Å². The molecule has 4 N–H and O–H groups in total. The van der Waals surface area contributed by atoms with E-state index in [0.29, 0.717) is 19.3 Å². The minimum atomic E-state index is -3.96. The zero-order chi connectivity index (χ0) is 18.0. The summed E-state index contributed by atoms with van der Waals surface area (Å²) in [6.45, 7) is 1.37. The molecule has 0 aliphatic heterocycles. The van der Waals surface area contributed by atoms with Crippen molar-refractivity contribution in [3.8, 4) is 0 Å². The first-order valence-electron chi connectivity index (χ1n) is 7.86. The van der Waals surface area contributed by atoms with Gasteiger partial charge in [0.25, 0.3) is 0 Å². The van der Waals surface area contributed by atoms with Gasteiger partial charge in [-0.05, 0) is 43.9 Å². The molecule has 1 aromatic carbocycles. The van der Waals surface area contributed by atoms with Crippen LogP contribution in [0.15, 0.2) is 24.3 Å². The van der Waals surface area contributed by atoms with Crippen LogP contribution in [0.3, 0.4) is 0 Å². The van der Waals surface area contributed by atoms with E-state index in [9.17, 15) is 22.7 Å². The zero-order valence-electron chi connectivity index (χ0n) is 13.5. The molecule has 1 aromatic rings. The lowest BCUT2D eigenvalue weighted by atomic mass is 9.78. The number of aliphatic hydroxyl groups excluding tert-OH is 1. The van der Waals surface area contributed by atoms with Crippen molar-refractivity contribution in [1.29, 1.82) is 0 Å². The summed E-state index contributed by atoms with van der Waals surface area (Å²) < 4.78 is 35.6. The summed E-state index contributed by atoms with van der Waals surface area (Å²) in [5.74, 6) is -1.02. The Morgan fingerprint density at radius 1 is 1.46 bits per heavy atom. The van der Waals surface area contributed by atoms with Crippen LogP contribution in [0, 0.1) is 11.2 Å². The Hall–Kier alpha value is -1.51. The van der Waals surface area contributed by atoms with Crippen LogP contribution in [0.2, 0.25) is 0 Å². The Labute approximate surface area is 141 Å². The quantitative estimate of drug-likeness (QED) is 0.695. The highest BCUT2D eigenvalue weighted by molar-refractivity contribution is 7.90. The number of carbonyl (C=O) groups is 1. The highest BCUT2D eigenvalue weighted by Crippen LogP contribution is 2.40. The summed E-state index contributed by atoms with van der Waals surface area (Å²) in [5, 5.41) is 16.6. The Kier molecular flexibility index (Phi) is 5.62. The maximum atomic E-state index is 13.1. The molecule has 0 aromatic heterocycles. The molecule has 8 heteroatoms. The predicted octanol–water partition coefficient (Wildman–Crippen LogP) is 0.693. The molecule has 1 aliphatic carbocycles. The van der Waals surface area contributed by atoms with E-state index in [-0.39, 0.29) is 12.4 Å². The second-order valence-electron chi connectivity index (χ2n) is 6.52. The van der Waals surface area contributed by atoms with Gasteiger partial charge in [0.2, 0.25) is 15.9 Å². The third-order valence-corrected chi connectivity index (χ3v) is 6.00. The fourth-order valence-corrected chi connectivity index (χ4v) is 3.54. The minimum Gasteiger partial charge on any atom is -0.392 e. The SMILES string of the molecule is CC(C(=O)NCC1(Cc2ccc(F)cc2)CCCC1O)S(N)(=O)=O. The van der Waals surface area contributed by atoms with Crippen LogP contribution in [0.1, 0.15) is 31.7 Å². The van der Waals surface area contributed by atoms with Crippen LogP contribution in [0.4, 0.5) is 4.39 Å². The summed E-state index contributed by atoms with van der Waals surface area (Å²) in [4.78, 5) is 12.0. The van der Waals surface area contributed by atoms with Gasteiger partial charge in [-0.25, -0.2) is 17.9 Å².